The number of rotatable bonds is 3. The van der Waals surface area contributed by atoms with Crippen molar-refractivity contribution in [2.45, 2.75) is 6.92 Å². The van der Waals surface area contributed by atoms with E-state index in [-0.39, 0.29) is 12.2 Å². The summed E-state index contributed by atoms with van der Waals surface area (Å²) in [4.78, 5) is 10.8. The highest BCUT2D eigenvalue weighted by atomic mass is 16.5. The minimum atomic E-state index is -0.642. The summed E-state index contributed by atoms with van der Waals surface area (Å²) >= 11 is 0. The van der Waals surface area contributed by atoms with Crippen molar-refractivity contribution in [3.63, 3.8) is 0 Å². The van der Waals surface area contributed by atoms with Gasteiger partial charge in [-0.1, -0.05) is 0 Å². The number of allylic oxidation sites excluding steroid dienone is 1. The Balaban J connectivity index is 4.17. The predicted octanol–water partition coefficient (Wildman–Crippen LogP) is -0.00822. The lowest BCUT2D eigenvalue weighted by Crippen LogP contribution is -2.10. The van der Waals surface area contributed by atoms with Crippen LogP contribution in [0, 0.1) is 11.3 Å². The molecule has 0 aromatic rings. The van der Waals surface area contributed by atoms with Crippen LogP contribution in [0.4, 0.5) is 0 Å². The summed E-state index contributed by atoms with van der Waals surface area (Å²) in [6, 6.07) is 1.64. The maximum atomic E-state index is 10.8. The van der Waals surface area contributed by atoms with Crippen LogP contribution >= 0.6 is 0 Å². The highest BCUT2D eigenvalue weighted by molar-refractivity contribution is 5.89. The molecule has 0 heterocycles. The first-order valence-corrected chi connectivity index (χ1v) is 3.12. The van der Waals surface area contributed by atoms with Crippen molar-refractivity contribution in [3.05, 3.63) is 11.6 Å². The van der Waals surface area contributed by atoms with E-state index >= 15 is 0 Å². The van der Waals surface area contributed by atoms with Gasteiger partial charge in [-0.25, -0.2) is 4.79 Å². The Morgan fingerprint density at radius 1 is 1.82 bits per heavy atom. The molecule has 0 atom stereocenters. The van der Waals surface area contributed by atoms with Crippen molar-refractivity contribution in [2.75, 3.05) is 13.2 Å². The molecule has 0 aliphatic rings. The SMILES string of the molecule is CCOC(=O)/C(=C\C#N)CO. The molecule has 0 rings (SSSR count). The molecule has 0 aliphatic carbocycles. The van der Waals surface area contributed by atoms with E-state index in [1.807, 2.05) is 0 Å². The largest absolute Gasteiger partial charge is 0.463 e. The van der Waals surface area contributed by atoms with Gasteiger partial charge in [-0.3, -0.25) is 0 Å². The summed E-state index contributed by atoms with van der Waals surface area (Å²) in [5.74, 6) is -0.642. The van der Waals surface area contributed by atoms with E-state index in [4.69, 9.17) is 10.4 Å². The van der Waals surface area contributed by atoms with Gasteiger partial charge in [-0.05, 0) is 6.92 Å². The maximum Gasteiger partial charge on any atom is 0.337 e. The minimum absolute atomic E-state index is 0.0191. The predicted molar refractivity (Wildman–Crippen MR) is 37.4 cm³/mol. The molecule has 0 fully saturated rings. The van der Waals surface area contributed by atoms with Gasteiger partial charge >= 0.3 is 5.97 Å². The van der Waals surface area contributed by atoms with Crippen LogP contribution in [0.2, 0.25) is 0 Å². The van der Waals surface area contributed by atoms with Gasteiger partial charge in [0, 0.05) is 6.08 Å². The second-order valence-corrected chi connectivity index (χ2v) is 1.68. The molecular formula is C7H9NO3. The molecule has 0 radical (unpaired) electrons. The lowest BCUT2D eigenvalue weighted by molar-refractivity contribution is -0.138. The third-order valence-corrected chi connectivity index (χ3v) is 0.947. The summed E-state index contributed by atoms with van der Waals surface area (Å²) < 4.78 is 4.53. The van der Waals surface area contributed by atoms with Gasteiger partial charge in [0.1, 0.15) is 0 Å². The Morgan fingerprint density at radius 3 is 2.82 bits per heavy atom. The van der Waals surface area contributed by atoms with Gasteiger partial charge in [0.2, 0.25) is 0 Å². The number of aliphatic hydroxyl groups is 1. The van der Waals surface area contributed by atoms with Gasteiger partial charge in [0.05, 0.1) is 24.9 Å². The van der Waals surface area contributed by atoms with E-state index in [2.05, 4.69) is 4.74 Å². The van der Waals surface area contributed by atoms with Crippen molar-refractivity contribution in [3.8, 4) is 6.07 Å². The number of hydrogen-bond acceptors (Lipinski definition) is 4. The van der Waals surface area contributed by atoms with Crippen LogP contribution in [0.15, 0.2) is 11.6 Å². The van der Waals surface area contributed by atoms with Crippen molar-refractivity contribution in [2.24, 2.45) is 0 Å². The molecule has 60 valence electrons. The van der Waals surface area contributed by atoms with E-state index in [9.17, 15) is 4.79 Å². The fourth-order valence-electron chi connectivity index (χ4n) is 0.471. The highest BCUT2D eigenvalue weighted by Crippen LogP contribution is 1.95. The standard InChI is InChI=1S/C7H9NO3/c1-2-11-7(10)6(5-9)3-4-8/h3,9H,2,5H2,1H3/b6-3-. The molecule has 0 bridgehead atoms. The smallest absolute Gasteiger partial charge is 0.337 e. The number of ether oxygens (including phenoxy) is 1. The lowest BCUT2D eigenvalue weighted by Gasteiger charge is -2.00. The summed E-state index contributed by atoms with van der Waals surface area (Å²) in [5.41, 5.74) is -0.0191. The normalized spacial score (nSPS) is 10.5. The zero-order valence-corrected chi connectivity index (χ0v) is 6.20. The molecule has 0 amide bonds. The van der Waals surface area contributed by atoms with Gasteiger partial charge < -0.3 is 9.84 Å². The van der Waals surface area contributed by atoms with E-state index in [0.29, 0.717) is 0 Å². The quantitative estimate of drug-likeness (QED) is 0.353. The molecule has 4 nitrogen and oxygen atoms in total. The Morgan fingerprint density at radius 2 is 2.45 bits per heavy atom. The fourth-order valence-corrected chi connectivity index (χ4v) is 0.471. The minimum Gasteiger partial charge on any atom is -0.463 e. The van der Waals surface area contributed by atoms with E-state index < -0.39 is 12.6 Å². The second kappa shape index (κ2) is 5.45. The topological polar surface area (TPSA) is 70.3 Å². The molecular weight excluding hydrogens is 146 g/mol. The first-order valence-electron chi connectivity index (χ1n) is 3.12. The first-order chi connectivity index (χ1) is 5.26. The number of hydrogen-bond donors (Lipinski definition) is 1. The number of esters is 1. The zero-order chi connectivity index (χ0) is 8.69. The van der Waals surface area contributed by atoms with Crippen LogP contribution in [0.5, 0.6) is 0 Å². The molecule has 0 aliphatic heterocycles. The Labute approximate surface area is 64.7 Å². The molecule has 0 saturated heterocycles. The van der Waals surface area contributed by atoms with Crippen LogP contribution in [0.25, 0.3) is 0 Å². The zero-order valence-electron chi connectivity index (χ0n) is 6.20. The second-order valence-electron chi connectivity index (χ2n) is 1.68. The van der Waals surface area contributed by atoms with Crippen LogP contribution in [-0.2, 0) is 9.53 Å². The molecule has 0 saturated carbocycles. The lowest BCUT2D eigenvalue weighted by atomic mass is 10.3. The van der Waals surface area contributed by atoms with Gasteiger partial charge in [-0.2, -0.15) is 5.26 Å². The molecule has 11 heavy (non-hydrogen) atoms. The monoisotopic (exact) mass is 155 g/mol. The van der Waals surface area contributed by atoms with Gasteiger partial charge in [0.25, 0.3) is 0 Å². The summed E-state index contributed by atoms with van der Waals surface area (Å²) in [6.07, 6.45) is 0.970. The van der Waals surface area contributed by atoms with Gasteiger partial charge in [0.15, 0.2) is 0 Å². The Hall–Kier alpha value is -1.34. The molecule has 1 N–H and O–H groups in total. The number of carbonyl (C=O) groups excluding carboxylic acids is 1. The summed E-state index contributed by atoms with van der Waals surface area (Å²) in [5, 5.41) is 16.7. The van der Waals surface area contributed by atoms with Crippen LogP contribution in [0.1, 0.15) is 6.92 Å². The summed E-state index contributed by atoms with van der Waals surface area (Å²) in [6.45, 7) is 1.42. The molecule has 4 heteroatoms. The Bertz CT molecular complexity index is 202. The third kappa shape index (κ3) is 3.38. The van der Waals surface area contributed by atoms with Crippen LogP contribution in [0.3, 0.4) is 0 Å². The first kappa shape index (κ1) is 9.66. The van der Waals surface area contributed by atoms with E-state index in [1.54, 1.807) is 13.0 Å². The molecule has 0 unspecified atom stereocenters. The van der Waals surface area contributed by atoms with Gasteiger partial charge in [-0.15, -0.1) is 0 Å². The number of nitriles is 1. The number of carbonyl (C=O) groups is 1. The third-order valence-electron chi connectivity index (χ3n) is 0.947. The summed E-state index contributed by atoms with van der Waals surface area (Å²) in [7, 11) is 0. The van der Waals surface area contributed by atoms with Crippen molar-refractivity contribution < 1.29 is 14.6 Å². The molecule has 0 aromatic carbocycles. The highest BCUT2D eigenvalue weighted by Gasteiger charge is 2.07. The molecule has 0 spiro atoms. The number of aliphatic hydroxyl groups excluding tert-OH is 1. The Kier molecular flexibility index (Phi) is 4.78. The van der Waals surface area contributed by atoms with Crippen LogP contribution < -0.4 is 0 Å². The average Bonchev–Trinajstić information content (AvgIpc) is 2.00. The van der Waals surface area contributed by atoms with E-state index in [0.717, 1.165) is 6.08 Å². The van der Waals surface area contributed by atoms with Crippen molar-refractivity contribution in [1.29, 1.82) is 5.26 Å². The van der Waals surface area contributed by atoms with Crippen LogP contribution in [-0.4, -0.2) is 24.3 Å². The average molecular weight is 155 g/mol. The number of nitrogens with zero attached hydrogens (tertiary/aromatic N) is 1. The molecule has 0 aromatic heterocycles. The van der Waals surface area contributed by atoms with Crippen molar-refractivity contribution >= 4 is 5.97 Å². The van der Waals surface area contributed by atoms with E-state index in [1.165, 1.54) is 0 Å². The fraction of sp³-hybridized carbons (Fsp3) is 0.429. The maximum absolute atomic E-state index is 10.8. The van der Waals surface area contributed by atoms with Crippen molar-refractivity contribution in [1.82, 2.24) is 0 Å².